The van der Waals surface area contributed by atoms with Gasteiger partial charge in [0.05, 0.1) is 18.8 Å². The Labute approximate surface area is 161 Å². The Balaban J connectivity index is 1.39. The van der Waals surface area contributed by atoms with Crippen molar-refractivity contribution in [3.05, 3.63) is 35.9 Å². The van der Waals surface area contributed by atoms with Gasteiger partial charge in [0, 0.05) is 25.6 Å². The van der Waals surface area contributed by atoms with E-state index in [2.05, 4.69) is 10.2 Å². The number of nitrogens with zero attached hydrogens (tertiary/aromatic N) is 2. The van der Waals surface area contributed by atoms with Crippen LogP contribution in [-0.4, -0.2) is 66.5 Å². The molecule has 2 unspecified atom stereocenters. The lowest BCUT2D eigenvalue weighted by molar-refractivity contribution is -0.144. The highest BCUT2D eigenvalue weighted by Gasteiger charge is 2.29. The highest BCUT2D eigenvalue weighted by molar-refractivity contribution is 5.79. The van der Waals surface area contributed by atoms with Crippen LogP contribution in [0.1, 0.15) is 32.3 Å². The molecule has 2 aliphatic rings. The largest absolute Gasteiger partial charge is 0.372 e. The van der Waals surface area contributed by atoms with E-state index in [0.29, 0.717) is 26.2 Å². The molecule has 0 aliphatic carbocycles. The quantitative estimate of drug-likeness (QED) is 0.853. The van der Waals surface area contributed by atoms with Crippen LogP contribution in [0.3, 0.4) is 0 Å². The second kappa shape index (κ2) is 9.33. The molecule has 0 radical (unpaired) electrons. The Morgan fingerprint density at radius 2 is 1.70 bits per heavy atom. The van der Waals surface area contributed by atoms with Crippen molar-refractivity contribution >= 4 is 11.8 Å². The smallest absolute Gasteiger partial charge is 0.236 e. The van der Waals surface area contributed by atoms with Crippen molar-refractivity contribution in [1.82, 2.24) is 15.1 Å². The Morgan fingerprint density at radius 3 is 2.33 bits per heavy atom. The van der Waals surface area contributed by atoms with E-state index >= 15 is 0 Å². The molecule has 2 atom stereocenters. The Morgan fingerprint density at radius 1 is 1.07 bits per heavy atom. The molecule has 2 heterocycles. The zero-order valence-corrected chi connectivity index (χ0v) is 16.4. The minimum atomic E-state index is 0.0449. The summed E-state index contributed by atoms with van der Waals surface area (Å²) in [7, 11) is 0. The summed E-state index contributed by atoms with van der Waals surface area (Å²) in [5.41, 5.74) is 1.11. The average Bonchev–Trinajstić information content (AvgIpc) is 2.66. The molecule has 6 nitrogen and oxygen atoms in total. The lowest BCUT2D eigenvalue weighted by atomic mass is 9.95. The van der Waals surface area contributed by atoms with Gasteiger partial charge < -0.3 is 15.0 Å². The Bertz CT molecular complexity index is 619. The SMILES string of the molecule is CC1CN(C(=O)CN2CCC(C(=O)NCc3ccccc3)CC2)CC(C)O1. The van der Waals surface area contributed by atoms with Crippen LogP contribution in [0.5, 0.6) is 0 Å². The van der Waals surface area contributed by atoms with Gasteiger partial charge in [-0.2, -0.15) is 0 Å². The number of hydrogen-bond acceptors (Lipinski definition) is 4. The molecule has 2 saturated heterocycles. The number of piperidine rings is 1. The van der Waals surface area contributed by atoms with Crippen LogP contribution in [-0.2, 0) is 20.9 Å². The topological polar surface area (TPSA) is 61.9 Å². The average molecular weight is 373 g/mol. The first-order valence-corrected chi connectivity index (χ1v) is 9.98. The molecule has 0 spiro atoms. The van der Waals surface area contributed by atoms with Crippen LogP contribution >= 0.6 is 0 Å². The number of benzene rings is 1. The number of amides is 2. The Kier molecular flexibility index (Phi) is 6.85. The van der Waals surface area contributed by atoms with Gasteiger partial charge in [-0.05, 0) is 45.3 Å². The number of carbonyl (C=O) groups excluding carboxylic acids is 2. The van der Waals surface area contributed by atoms with Crippen molar-refractivity contribution in [3.63, 3.8) is 0 Å². The summed E-state index contributed by atoms with van der Waals surface area (Å²) < 4.78 is 5.70. The highest BCUT2D eigenvalue weighted by atomic mass is 16.5. The van der Waals surface area contributed by atoms with E-state index in [1.807, 2.05) is 49.1 Å². The number of ether oxygens (including phenoxy) is 1. The number of likely N-dealkylation sites (tertiary alicyclic amines) is 1. The summed E-state index contributed by atoms with van der Waals surface area (Å²) in [6, 6.07) is 9.96. The second-order valence-electron chi connectivity index (χ2n) is 7.81. The minimum absolute atomic E-state index is 0.0449. The number of rotatable bonds is 5. The van der Waals surface area contributed by atoms with Crippen molar-refractivity contribution < 1.29 is 14.3 Å². The molecule has 2 fully saturated rings. The van der Waals surface area contributed by atoms with Gasteiger partial charge in [-0.25, -0.2) is 0 Å². The fourth-order valence-electron chi connectivity index (χ4n) is 3.96. The maximum Gasteiger partial charge on any atom is 0.236 e. The maximum atomic E-state index is 12.6. The van der Waals surface area contributed by atoms with Crippen molar-refractivity contribution in [1.29, 1.82) is 0 Å². The van der Waals surface area contributed by atoms with Crippen molar-refractivity contribution in [2.24, 2.45) is 5.92 Å². The summed E-state index contributed by atoms with van der Waals surface area (Å²) in [5, 5.41) is 3.04. The predicted molar refractivity (Wildman–Crippen MR) is 104 cm³/mol. The summed E-state index contributed by atoms with van der Waals surface area (Å²) in [4.78, 5) is 29.1. The van der Waals surface area contributed by atoms with E-state index in [0.717, 1.165) is 31.5 Å². The third kappa shape index (κ3) is 5.78. The molecule has 0 aromatic heterocycles. The molecule has 2 aliphatic heterocycles. The predicted octanol–water partition coefficient (Wildman–Crippen LogP) is 1.65. The van der Waals surface area contributed by atoms with Crippen molar-refractivity contribution in [2.75, 3.05) is 32.7 Å². The number of nitrogens with one attached hydrogen (secondary N) is 1. The standard InChI is InChI=1S/C21H31N3O3/c1-16-13-24(14-17(2)27-16)20(25)15-23-10-8-19(9-11-23)21(26)22-12-18-6-4-3-5-7-18/h3-7,16-17,19H,8-15H2,1-2H3,(H,22,26). The third-order valence-electron chi connectivity index (χ3n) is 5.40. The molecule has 2 amide bonds. The highest BCUT2D eigenvalue weighted by Crippen LogP contribution is 2.18. The fraction of sp³-hybridized carbons (Fsp3) is 0.619. The van der Waals surface area contributed by atoms with Crippen molar-refractivity contribution in [3.8, 4) is 0 Å². The summed E-state index contributed by atoms with van der Waals surface area (Å²) in [6.45, 7) is 7.97. The Hall–Kier alpha value is -1.92. The van der Waals surface area contributed by atoms with Crippen LogP contribution in [0.2, 0.25) is 0 Å². The molecule has 0 bridgehead atoms. The molecule has 3 rings (SSSR count). The first-order chi connectivity index (χ1) is 13.0. The van der Waals surface area contributed by atoms with E-state index in [9.17, 15) is 9.59 Å². The molecule has 1 aromatic carbocycles. The monoisotopic (exact) mass is 373 g/mol. The normalized spacial score (nSPS) is 24.6. The first kappa shape index (κ1) is 19.8. The van der Waals surface area contributed by atoms with Crippen LogP contribution in [0.4, 0.5) is 0 Å². The van der Waals surface area contributed by atoms with Gasteiger partial charge in [-0.15, -0.1) is 0 Å². The molecule has 6 heteroatoms. The van der Waals surface area contributed by atoms with E-state index in [1.165, 1.54) is 0 Å². The van der Waals surface area contributed by atoms with Gasteiger partial charge in [0.1, 0.15) is 0 Å². The molecule has 148 valence electrons. The molecule has 27 heavy (non-hydrogen) atoms. The summed E-state index contributed by atoms with van der Waals surface area (Å²) >= 11 is 0. The zero-order chi connectivity index (χ0) is 19.2. The molecule has 1 aromatic rings. The van der Waals surface area contributed by atoms with Crippen molar-refractivity contribution in [2.45, 2.75) is 45.4 Å². The van der Waals surface area contributed by atoms with Crippen LogP contribution < -0.4 is 5.32 Å². The minimum Gasteiger partial charge on any atom is -0.372 e. The maximum absolute atomic E-state index is 12.6. The third-order valence-corrected chi connectivity index (χ3v) is 5.40. The number of morpholine rings is 1. The van der Waals surface area contributed by atoms with Gasteiger partial charge in [0.25, 0.3) is 0 Å². The second-order valence-corrected chi connectivity index (χ2v) is 7.81. The van der Waals surface area contributed by atoms with Gasteiger partial charge in [0.15, 0.2) is 0 Å². The van der Waals surface area contributed by atoms with Crippen LogP contribution in [0, 0.1) is 5.92 Å². The van der Waals surface area contributed by atoms with E-state index in [-0.39, 0.29) is 29.9 Å². The van der Waals surface area contributed by atoms with Gasteiger partial charge in [0.2, 0.25) is 11.8 Å². The van der Waals surface area contributed by atoms with Crippen LogP contribution in [0.15, 0.2) is 30.3 Å². The van der Waals surface area contributed by atoms with Gasteiger partial charge in [-0.1, -0.05) is 30.3 Å². The number of hydrogen-bond donors (Lipinski definition) is 1. The lowest BCUT2D eigenvalue weighted by Crippen LogP contribution is -2.52. The zero-order valence-electron chi connectivity index (χ0n) is 16.4. The molecule has 0 saturated carbocycles. The van der Waals surface area contributed by atoms with E-state index in [4.69, 9.17) is 4.74 Å². The van der Waals surface area contributed by atoms with Gasteiger partial charge in [-0.3, -0.25) is 14.5 Å². The van der Waals surface area contributed by atoms with E-state index < -0.39 is 0 Å². The molecular formula is C21H31N3O3. The summed E-state index contributed by atoms with van der Waals surface area (Å²) in [5.74, 6) is 0.341. The summed E-state index contributed by atoms with van der Waals surface area (Å²) in [6.07, 6.45) is 1.81. The fourth-order valence-corrected chi connectivity index (χ4v) is 3.96. The number of carbonyl (C=O) groups is 2. The first-order valence-electron chi connectivity index (χ1n) is 9.98. The molecular weight excluding hydrogens is 342 g/mol. The van der Waals surface area contributed by atoms with Gasteiger partial charge >= 0.3 is 0 Å². The molecule has 1 N–H and O–H groups in total. The lowest BCUT2D eigenvalue weighted by Gasteiger charge is -2.37. The van der Waals surface area contributed by atoms with E-state index in [1.54, 1.807) is 0 Å². The van der Waals surface area contributed by atoms with Crippen LogP contribution in [0.25, 0.3) is 0 Å².